The smallest absolute Gasteiger partial charge is 0.187 e. The lowest BCUT2D eigenvalue weighted by molar-refractivity contribution is 0.739. The molecular weight excluding hydrogens is 146 g/mol. The van der Waals surface area contributed by atoms with Crippen molar-refractivity contribution in [2.75, 3.05) is 0 Å². The Labute approximate surface area is 64.9 Å². The normalized spacial score (nSPS) is 17.8. The lowest BCUT2D eigenvalue weighted by atomic mass is 10.4. The van der Waals surface area contributed by atoms with Crippen LogP contribution in [0.1, 0.15) is 24.6 Å². The van der Waals surface area contributed by atoms with Crippen LogP contribution in [0.15, 0.2) is 5.16 Å². The van der Waals surface area contributed by atoms with Gasteiger partial charge in [0.05, 0.1) is 0 Å². The third kappa shape index (κ3) is 0.831. The van der Waals surface area contributed by atoms with Crippen molar-refractivity contribution in [2.45, 2.75) is 23.9 Å². The number of hydrogen-bond acceptors (Lipinski definition) is 3. The van der Waals surface area contributed by atoms with Gasteiger partial charge < -0.3 is 4.57 Å². The Morgan fingerprint density at radius 3 is 2.60 bits per heavy atom. The minimum Gasteiger partial charge on any atom is -0.309 e. The number of rotatable bonds is 1. The first-order chi connectivity index (χ1) is 4.79. The Morgan fingerprint density at radius 2 is 2.20 bits per heavy atom. The van der Waals surface area contributed by atoms with Gasteiger partial charge in [-0.3, -0.25) is 0 Å². The van der Waals surface area contributed by atoms with Gasteiger partial charge in [0, 0.05) is 13.0 Å². The van der Waals surface area contributed by atoms with Crippen LogP contribution in [0.2, 0.25) is 0 Å². The summed E-state index contributed by atoms with van der Waals surface area (Å²) in [7, 11) is 1.95. The van der Waals surface area contributed by atoms with Crippen LogP contribution in [0.5, 0.6) is 0 Å². The largest absolute Gasteiger partial charge is 0.309 e. The van der Waals surface area contributed by atoms with E-state index in [1.54, 1.807) is 0 Å². The Bertz CT molecular complexity index is 251. The molecule has 1 fully saturated rings. The maximum absolute atomic E-state index is 4.13. The molecule has 1 aromatic rings. The molecule has 1 aliphatic carbocycles. The molecule has 0 amide bonds. The van der Waals surface area contributed by atoms with Crippen molar-refractivity contribution in [3.05, 3.63) is 5.82 Å². The number of aromatic nitrogens is 3. The second-order valence-electron chi connectivity index (χ2n) is 2.69. The average Bonchev–Trinajstić information content (AvgIpc) is 2.67. The lowest BCUT2D eigenvalue weighted by Crippen LogP contribution is -1.95. The molecule has 1 heterocycles. The summed E-state index contributed by atoms with van der Waals surface area (Å²) in [6.07, 6.45) is 2.53. The fraction of sp³-hybridized carbons (Fsp3) is 0.667. The van der Waals surface area contributed by atoms with Gasteiger partial charge in [-0.1, -0.05) is 0 Å². The van der Waals surface area contributed by atoms with Crippen LogP contribution in [0.3, 0.4) is 0 Å². The van der Waals surface area contributed by atoms with Gasteiger partial charge in [-0.2, -0.15) is 0 Å². The van der Waals surface area contributed by atoms with Crippen LogP contribution in [-0.4, -0.2) is 14.8 Å². The molecular formula is C6H9N3S. The van der Waals surface area contributed by atoms with Gasteiger partial charge in [-0.15, -0.1) is 22.8 Å². The Hall–Kier alpha value is -0.510. The van der Waals surface area contributed by atoms with Gasteiger partial charge in [-0.05, 0) is 12.8 Å². The van der Waals surface area contributed by atoms with Crippen molar-refractivity contribution in [1.29, 1.82) is 0 Å². The molecule has 0 bridgehead atoms. The van der Waals surface area contributed by atoms with Gasteiger partial charge in [0.15, 0.2) is 5.16 Å². The van der Waals surface area contributed by atoms with E-state index in [-0.39, 0.29) is 0 Å². The second kappa shape index (κ2) is 1.99. The molecule has 4 heteroatoms. The summed E-state index contributed by atoms with van der Waals surface area (Å²) in [4.78, 5) is 0. The quantitative estimate of drug-likeness (QED) is 0.613. The molecule has 10 heavy (non-hydrogen) atoms. The van der Waals surface area contributed by atoms with Gasteiger partial charge in [0.2, 0.25) is 0 Å². The lowest BCUT2D eigenvalue weighted by Gasteiger charge is -1.95. The summed E-state index contributed by atoms with van der Waals surface area (Å²) in [5, 5.41) is 8.58. The average molecular weight is 155 g/mol. The van der Waals surface area contributed by atoms with Crippen molar-refractivity contribution < 1.29 is 0 Å². The van der Waals surface area contributed by atoms with Gasteiger partial charge in [0.25, 0.3) is 0 Å². The van der Waals surface area contributed by atoms with E-state index in [2.05, 4.69) is 22.8 Å². The minimum absolute atomic E-state index is 0.665. The first-order valence-electron chi connectivity index (χ1n) is 3.37. The zero-order valence-electron chi connectivity index (χ0n) is 5.78. The van der Waals surface area contributed by atoms with Crippen molar-refractivity contribution in [2.24, 2.45) is 7.05 Å². The summed E-state index contributed by atoms with van der Waals surface area (Å²) in [6, 6.07) is 0. The van der Waals surface area contributed by atoms with Crippen LogP contribution in [0.4, 0.5) is 0 Å². The zero-order chi connectivity index (χ0) is 7.14. The standard InChI is InChI=1S/C6H9N3S/c1-9-5(4-2-3-4)7-8-6(9)10/h4H,2-3H2,1H3,(H,8,10). The number of thiol groups is 1. The van der Waals surface area contributed by atoms with Crippen molar-refractivity contribution in [3.8, 4) is 0 Å². The first-order valence-corrected chi connectivity index (χ1v) is 3.82. The highest BCUT2D eigenvalue weighted by Gasteiger charge is 2.28. The third-order valence-electron chi connectivity index (χ3n) is 1.83. The van der Waals surface area contributed by atoms with Crippen molar-refractivity contribution >= 4 is 12.6 Å². The van der Waals surface area contributed by atoms with E-state index in [4.69, 9.17) is 0 Å². The van der Waals surface area contributed by atoms with Crippen LogP contribution in [-0.2, 0) is 7.05 Å². The molecule has 0 atom stereocenters. The van der Waals surface area contributed by atoms with Gasteiger partial charge >= 0.3 is 0 Å². The van der Waals surface area contributed by atoms with Gasteiger partial charge in [-0.25, -0.2) is 0 Å². The molecule has 54 valence electrons. The van der Waals surface area contributed by atoms with E-state index in [9.17, 15) is 0 Å². The van der Waals surface area contributed by atoms with Crippen LogP contribution < -0.4 is 0 Å². The van der Waals surface area contributed by atoms with Gasteiger partial charge in [0.1, 0.15) is 5.82 Å². The Morgan fingerprint density at radius 1 is 1.50 bits per heavy atom. The minimum atomic E-state index is 0.665. The van der Waals surface area contributed by atoms with Crippen LogP contribution in [0.25, 0.3) is 0 Å². The molecule has 1 saturated carbocycles. The molecule has 1 aromatic heterocycles. The van der Waals surface area contributed by atoms with E-state index < -0.39 is 0 Å². The summed E-state index contributed by atoms with van der Waals surface area (Å²) >= 11 is 4.13. The maximum Gasteiger partial charge on any atom is 0.187 e. The highest BCUT2D eigenvalue weighted by atomic mass is 32.1. The molecule has 0 aromatic carbocycles. The van der Waals surface area contributed by atoms with E-state index in [1.807, 2.05) is 11.6 Å². The molecule has 0 N–H and O–H groups in total. The highest BCUT2D eigenvalue weighted by molar-refractivity contribution is 7.80. The second-order valence-corrected chi connectivity index (χ2v) is 3.09. The van der Waals surface area contributed by atoms with E-state index in [0.29, 0.717) is 11.1 Å². The highest BCUT2D eigenvalue weighted by Crippen LogP contribution is 2.38. The van der Waals surface area contributed by atoms with Crippen molar-refractivity contribution in [3.63, 3.8) is 0 Å². The molecule has 2 rings (SSSR count). The Kier molecular flexibility index (Phi) is 1.23. The van der Waals surface area contributed by atoms with E-state index >= 15 is 0 Å². The van der Waals surface area contributed by atoms with Crippen molar-refractivity contribution in [1.82, 2.24) is 14.8 Å². The van der Waals surface area contributed by atoms with Crippen LogP contribution in [0, 0.1) is 0 Å². The first kappa shape index (κ1) is 6.22. The summed E-state index contributed by atoms with van der Waals surface area (Å²) < 4.78 is 1.95. The number of hydrogen-bond donors (Lipinski definition) is 1. The summed E-state index contributed by atoms with van der Waals surface area (Å²) in [5.41, 5.74) is 0. The molecule has 0 unspecified atom stereocenters. The summed E-state index contributed by atoms with van der Waals surface area (Å²) in [5.74, 6) is 1.75. The number of nitrogens with zero attached hydrogens (tertiary/aromatic N) is 3. The fourth-order valence-corrected chi connectivity index (χ4v) is 1.18. The molecule has 0 saturated heterocycles. The van der Waals surface area contributed by atoms with E-state index in [1.165, 1.54) is 12.8 Å². The molecule has 0 aliphatic heterocycles. The predicted octanol–water partition coefficient (Wildman–Crippen LogP) is 0.981. The molecule has 3 nitrogen and oxygen atoms in total. The summed E-state index contributed by atoms with van der Waals surface area (Å²) in [6.45, 7) is 0. The molecule has 0 spiro atoms. The predicted molar refractivity (Wildman–Crippen MR) is 40.2 cm³/mol. The zero-order valence-corrected chi connectivity index (χ0v) is 6.67. The third-order valence-corrected chi connectivity index (χ3v) is 2.22. The molecule has 0 radical (unpaired) electrons. The fourth-order valence-electron chi connectivity index (χ4n) is 1.03. The SMILES string of the molecule is Cn1c(S)nnc1C1CC1. The molecule has 1 aliphatic rings. The maximum atomic E-state index is 4.13. The van der Waals surface area contributed by atoms with Crippen LogP contribution >= 0.6 is 12.6 Å². The Balaban J connectivity index is 2.40. The van der Waals surface area contributed by atoms with E-state index in [0.717, 1.165) is 5.82 Å². The topological polar surface area (TPSA) is 30.7 Å². The monoisotopic (exact) mass is 155 g/mol.